The predicted molar refractivity (Wildman–Crippen MR) is 119 cm³/mol. The summed E-state index contributed by atoms with van der Waals surface area (Å²) in [6.07, 6.45) is -0.652. The molecule has 1 aliphatic rings. The molecule has 30 heavy (non-hydrogen) atoms. The van der Waals surface area contributed by atoms with Crippen molar-refractivity contribution >= 4 is 23.4 Å². The maximum atomic E-state index is 12.9. The van der Waals surface area contributed by atoms with Crippen LogP contribution in [0.15, 0.2) is 41.6 Å². The summed E-state index contributed by atoms with van der Waals surface area (Å²) in [7, 11) is 0. The number of carbonyl (C=O) groups excluding carboxylic acids is 1. The quantitative estimate of drug-likeness (QED) is 0.554. The summed E-state index contributed by atoms with van der Waals surface area (Å²) in [5, 5.41) is 9.30. The number of aromatic nitrogens is 3. The molecule has 0 unspecified atom stereocenters. The van der Waals surface area contributed by atoms with Gasteiger partial charge in [0.1, 0.15) is 0 Å². The first kappa shape index (κ1) is 20.3. The second kappa shape index (κ2) is 8.07. The van der Waals surface area contributed by atoms with Crippen LogP contribution in [0.25, 0.3) is 11.3 Å². The van der Waals surface area contributed by atoms with E-state index in [2.05, 4.69) is 21.2 Å². The van der Waals surface area contributed by atoms with E-state index in [4.69, 9.17) is 4.74 Å². The van der Waals surface area contributed by atoms with Crippen LogP contribution < -0.4 is 9.64 Å². The molecule has 0 fully saturated rings. The zero-order chi connectivity index (χ0) is 21.4. The van der Waals surface area contributed by atoms with Gasteiger partial charge in [0, 0.05) is 18.1 Å². The molecule has 2 aromatic carbocycles. The molecular formula is C23H24N4O2S. The van der Waals surface area contributed by atoms with Crippen molar-refractivity contribution in [2.45, 2.75) is 46.0 Å². The Morgan fingerprint density at radius 1 is 1.10 bits per heavy atom. The number of fused-ring (bicyclic) bond motifs is 3. The molecule has 1 amide bonds. The topological polar surface area (TPSA) is 68.2 Å². The molecular weight excluding hydrogens is 396 g/mol. The minimum atomic E-state index is -0.652. The average molecular weight is 421 g/mol. The number of hydrogen-bond acceptors (Lipinski definition) is 6. The molecule has 0 saturated carbocycles. The molecule has 4 rings (SSSR count). The largest absolute Gasteiger partial charge is 0.447 e. The fraction of sp³-hybridized carbons (Fsp3) is 0.304. The van der Waals surface area contributed by atoms with Crippen LogP contribution in [0.1, 0.15) is 42.3 Å². The predicted octanol–water partition coefficient (Wildman–Crippen LogP) is 5.02. The molecule has 154 valence electrons. The van der Waals surface area contributed by atoms with Gasteiger partial charge in [-0.3, -0.25) is 9.69 Å². The lowest BCUT2D eigenvalue weighted by Crippen LogP contribution is -2.36. The second-order valence-corrected chi connectivity index (χ2v) is 8.66. The molecule has 1 atom stereocenters. The number of nitrogens with zero attached hydrogens (tertiary/aromatic N) is 4. The first-order valence-corrected chi connectivity index (χ1v) is 10.9. The summed E-state index contributed by atoms with van der Waals surface area (Å²) in [5.74, 6) is 1.11. The van der Waals surface area contributed by atoms with E-state index < -0.39 is 6.23 Å². The van der Waals surface area contributed by atoms with Crippen LogP contribution >= 0.6 is 11.8 Å². The number of aryl methyl sites for hydroxylation is 3. The van der Waals surface area contributed by atoms with Gasteiger partial charge in [0.2, 0.25) is 23.2 Å². The van der Waals surface area contributed by atoms with Crippen molar-refractivity contribution in [2.24, 2.45) is 0 Å². The summed E-state index contributed by atoms with van der Waals surface area (Å²) in [4.78, 5) is 19.2. The highest BCUT2D eigenvalue weighted by molar-refractivity contribution is 7.99. The summed E-state index contributed by atoms with van der Waals surface area (Å²) >= 11 is 1.50. The Labute approximate surface area is 180 Å². The minimum Gasteiger partial charge on any atom is -0.447 e. The van der Waals surface area contributed by atoms with Gasteiger partial charge in [0.05, 0.1) is 5.69 Å². The van der Waals surface area contributed by atoms with Crippen LogP contribution in [0.3, 0.4) is 0 Å². The smallest absolute Gasteiger partial charge is 0.247 e. The van der Waals surface area contributed by atoms with Gasteiger partial charge in [0.15, 0.2) is 5.69 Å². The van der Waals surface area contributed by atoms with E-state index >= 15 is 0 Å². The average Bonchev–Trinajstić information content (AvgIpc) is 2.83. The van der Waals surface area contributed by atoms with E-state index in [1.54, 1.807) is 11.8 Å². The Morgan fingerprint density at radius 2 is 1.83 bits per heavy atom. The molecule has 0 saturated heterocycles. The fourth-order valence-corrected chi connectivity index (χ4v) is 4.25. The number of anilines is 1. The van der Waals surface area contributed by atoms with Crippen molar-refractivity contribution in [3.05, 3.63) is 58.7 Å². The van der Waals surface area contributed by atoms with E-state index in [9.17, 15) is 4.79 Å². The van der Waals surface area contributed by atoms with Crippen LogP contribution in [0, 0.1) is 20.8 Å². The number of benzene rings is 2. The van der Waals surface area contributed by atoms with E-state index in [-0.39, 0.29) is 5.91 Å². The van der Waals surface area contributed by atoms with Crippen LogP contribution in [-0.2, 0) is 4.79 Å². The molecule has 1 aliphatic heterocycles. The number of rotatable bonds is 3. The van der Waals surface area contributed by atoms with Crippen molar-refractivity contribution < 1.29 is 9.53 Å². The zero-order valence-electron chi connectivity index (χ0n) is 17.8. The lowest BCUT2D eigenvalue weighted by atomic mass is 10.00. The molecule has 0 spiro atoms. The lowest BCUT2D eigenvalue weighted by molar-refractivity contribution is -0.118. The van der Waals surface area contributed by atoms with Crippen molar-refractivity contribution in [3.8, 4) is 17.1 Å². The standard InChI is InChI=1S/C23H24N4O2S/c1-6-30-23-24-21-19(25-26-23)18-12-14(3)11-15(4)20(18)27(16(5)28)22(29-21)17-9-7-13(2)8-10-17/h7-12,22H,6H2,1-5H3/t22-/m0/s1. The number of thioether (sulfide) groups is 1. The molecule has 1 aromatic heterocycles. The van der Waals surface area contributed by atoms with E-state index in [0.717, 1.165) is 39.3 Å². The van der Waals surface area contributed by atoms with Crippen molar-refractivity contribution in [2.75, 3.05) is 10.7 Å². The number of carbonyl (C=O) groups is 1. The summed E-state index contributed by atoms with van der Waals surface area (Å²) in [5.41, 5.74) is 6.20. The van der Waals surface area contributed by atoms with Gasteiger partial charge in [-0.15, -0.1) is 10.2 Å². The van der Waals surface area contributed by atoms with Crippen LogP contribution in [0.2, 0.25) is 0 Å². The molecule has 2 heterocycles. The Bertz CT molecular complexity index is 1110. The maximum absolute atomic E-state index is 12.9. The Balaban J connectivity index is 2.00. The number of amides is 1. The molecule has 0 radical (unpaired) electrons. The first-order chi connectivity index (χ1) is 14.4. The monoisotopic (exact) mass is 420 g/mol. The highest BCUT2D eigenvalue weighted by atomic mass is 32.2. The van der Waals surface area contributed by atoms with E-state index in [1.807, 2.05) is 58.0 Å². The highest BCUT2D eigenvalue weighted by Gasteiger charge is 2.35. The third-order valence-corrected chi connectivity index (χ3v) is 5.73. The molecule has 0 bridgehead atoms. The third kappa shape index (κ3) is 3.65. The third-order valence-electron chi connectivity index (χ3n) is 5.01. The number of ether oxygens (including phenoxy) is 1. The molecule has 0 N–H and O–H groups in total. The minimum absolute atomic E-state index is 0.113. The van der Waals surface area contributed by atoms with Gasteiger partial charge in [-0.25, -0.2) is 0 Å². The van der Waals surface area contributed by atoms with E-state index in [0.29, 0.717) is 16.7 Å². The fourth-order valence-electron chi connectivity index (χ4n) is 3.75. The summed E-state index contributed by atoms with van der Waals surface area (Å²) in [6, 6.07) is 12.1. The normalized spacial score (nSPS) is 15.1. The van der Waals surface area contributed by atoms with Gasteiger partial charge in [-0.1, -0.05) is 60.1 Å². The Morgan fingerprint density at radius 3 is 2.50 bits per heavy atom. The van der Waals surface area contributed by atoms with Gasteiger partial charge >= 0.3 is 0 Å². The Kier molecular flexibility index (Phi) is 5.47. The SMILES string of the molecule is CCSc1nnc2c(n1)O[C@@H](c1ccc(C)cc1)N(C(C)=O)c1c(C)cc(C)cc1-2. The highest BCUT2D eigenvalue weighted by Crippen LogP contribution is 2.45. The van der Waals surface area contributed by atoms with E-state index in [1.165, 1.54) is 11.8 Å². The molecule has 3 aromatic rings. The van der Waals surface area contributed by atoms with Gasteiger partial charge in [-0.2, -0.15) is 4.98 Å². The summed E-state index contributed by atoms with van der Waals surface area (Å²) in [6.45, 7) is 9.65. The summed E-state index contributed by atoms with van der Waals surface area (Å²) < 4.78 is 6.40. The first-order valence-electron chi connectivity index (χ1n) is 9.91. The van der Waals surface area contributed by atoms with Gasteiger partial charge in [0.25, 0.3) is 0 Å². The van der Waals surface area contributed by atoms with Gasteiger partial charge in [-0.05, 0) is 38.2 Å². The van der Waals surface area contributed by atoms with Gasteiger partial charge < -0.3 is 4.74 Å². The zero-order valence-corrected chi connectivity index (χ0v) is 18.6. The van der Waals surface area contributed by atoms with Crippen molar-refractivity contribution in [3.63, 3.8) is 0 Å². The number of hydrogen-bond donors (Lipinski definition) is 0. The lowest BCUT2D eigenvalue weighted by Gasteiger charge is -2.31. The van der Waals surface area contributed by atoms with Crippen molar-refractivity contribution in [1.82, 2.24) is 15.2 Å². The molecule has 6 nitrogen and oxygen atoms in total. The molecule has 7 heteroatoms. The molecule has 0 aliphatic carbocycles. The van der Waals surface area contributed by atoms with Crippen LogP contribution in [0.4, 0.5) is 5.69 Å². The second-order valence-electron chi connectivity index (χ2n) is 7.43. The van der Waals surface area contributed by atoms with Crippen LogP contribution in [0.5, 0.6) is 5.88 Å². The van der Waals surface area contributed by atoms with Crippen molar-refractivity contribution in [1.29, 1.82) is 0 Å². The van der Waals surface area contributed by atoms with Crippen LogP contribution in [-0.4, -0.2) is 26.8 Å². The Hall–Kier alpha value is -2.93. The maximum Gasteiger partial charge on any atom is 0.247 e.